The van der Waals surface area contributed by atoms with Gasteiger partial charge in [-0.2, -0.15) is 0 Å². The van der Waals surface area contributed by atoms with Gasteiger partial charge in [0.25, 0.3) is 0 Å². The summed E-state index contributed by atoms with van der Waals surface area (Å²) in [6.45, 7) is 0. The summed E-state index contributed by atoms with van der Waals surface area (Å²) in [5.74, 6) is 0. The Morgan fingerprint density at radius 3 is 2.25 bits per heavy atom. The van der Waals surface area contributed by atoms with Gasteiger partial charge in [-0.1, -0.05) is 66.7 Å². The Labute approximate surface area is 161 Å². The van der Waals surface area contributed by atoms with Crippen molar-refractivity contribution in [1.29, 1.82) is 0 Å². The molecular weight excluding hydrogens is 340 g/mol. The molecule has 4 heterocycles. The van der Waals surface area contributed by atoms with E-state index in [1.165, 1.54) is 60.3 Å². The van der Waals surface area contributed by atoms with E-state index < -0.39 is 0 Å². The van der Waals surface area contributed by atoms with E-state index in [-0.39, 0.29) is 0 Å². The molecule has 0 atom stereocenters. The van der Waals surface area contributed by atoms with Crippen molar-refractivity contribution in [3.63, 3.8) is 0 Å². The van der Waals surface area contributed by atoms with Crippen LogP contribution in [0.15, 0.2) is 91.0 Å². The number of nitrogens with zero attached hydrogens (tertiary/aromatic N) is 1. The van der Waals surface area contributed by atoms with Gasteiger partial charge in [-0.25, -0.2) is 0 Å². The quantitative estimate of drug-likeness (QED) is 0.327. The van der Waals surface area contributed by atoms with Crippen molar-refractivity contribution in [2.75, 3.05) is 0 Å². The van der Waals surface area contributed by atoms with Crippen LogP contribution in [0.1, 0.15) is 0 Å². The molecule has 130 valence electrons. The predicted octanol–water partition coefficient (Wildman–Crippen LogP) is 6.99. The second-order valence-corrected chi connectivity index (χ2v) is 7.53. The minimum atomic E-state index is 1.19. The number of nitrogens with one attached hydrogen (secondary N) is 1. The van der Waals surface area contributed by atoms with Crippen LogP contribution in [0, 0.1) is 0 Å². The van der Waals surface area contributed by atoms with Gasteiger partial charge in [0.15, 0.2) is 0 Å². The third-order valence-corrected chi connectivity index (χ3v) is 6.07. The minimum Gasteiger partial charge on any atom is -0.353 e. The van der Waals surface area contributed by atoms with Gasteiger partial charge < -0.3 is 9.38 Å². The monoisotopic (exact) mass is 356 g/mol. The van der Waals surface area contributed by atoms with Gasteiger partial charge in [0.05, 0.1) is 22.1 Å². The number of H-pyrrole nitrogens is 1. The van der Waals surface area contributed by atoms with E-state index in [1.54, 1.807) is 0 Å². The fraction of sp³-hybridized carbons (Fsp3) is 0. The van der Waals surface area contributed by atoms with Crippen LogP contribution in [0.25, 0.3) is 60.3 Å². The minimum absolute atomic E-state index is 1.19. The molecule has 4 aromatic heterocycles. The number of rotatable bonds is 1. The van der Waals surface area contributed by atoms with Gasteiger partial charge in [-0.15, -0.1) is 0 Å². The van der Waals surface area contributed by atoms with Crippen LogP contribution in [0.2, 0.25) is 0 Å². The molecule has 2 heteroatoms. The van der Waals surface area contributed by atoms with Gasteiger partial charge in [-0.3, -0.25) is 0 Å². The highest BCUT2D eigenvalue weighted by Crippen LogP contribution is 2.42. The smallest absolute Gasteiger partial charge is 0.0731 e. The Balaban J connectivity index is 1.73. The Kier molecular flexibility index (Phi) is 2.52. The first-order chi connectivity index (χ1) is 13.9. The van der Waals surface area contributed by atoms with Crippen molar-refractivity contribution < 1.29 is 0 Å². The van der Waals surface area contributed by atoms with Crippen LogP contribution in [0.3, 0.4) is 0 Å². The molecule has 28 heavy (non-hydrogen) atoms. The average molecular weight is 356 g/mol. The van der Waals surface area contributed by atoms with Gasteiger partial charge in [-0.05, 0) is 35.4 Å². The third-order valence-electron chi connectivity index (χ3n) is 6.07. The zero-order chi connectivity index (χ0) is 18.2. The maximum atomic E-state index is 3.69. The summed E-state index contributed by atoms with van der Waals surface area (Å²) in [4.78, 5) is 3.69. The van der Waals surface area contributed by atoms with Crippen LogP contribution in [0.5, 0.6) is 0 Å². The van der Waals surface area contributed by atoms with Crippen LogP contribution >= 0.6 is 0 Å². The SMILES string of the molecule is c1ccc(-c2ccc3[nH]c4c(c3c2)c2c3ccccc3c3cccc4n32)cc1. The zero-order valence-corrected chi connectivity index (χ0v) is 15.1. The number of aromatic nitrogens is 2. The van der Waals surface area contributed by atoms with Gasteiger partial charge in [0.2, 0.25) is 0 Å². The van der Waals surface area contributed by atoms with Crippen LogP contribution in [-0.2, 0) is 0 Å². The van der Waals surface area contributed by atoms with Crippen molar-refractivity contribution in [3.8, 4) is 11.1 Å². The fourth-order valence-corrected chi connectivity index (χ4v) is 4.88. The Hall–Kier alpha value is -3.78. The Morgan fingerprint density at radius 2 is 1.36 bits per heavy atom. The molecule has 0 radical (unpaired) electrons. The number of aromatic amines is 1. The molecule has 0 aliphatic heterocycles. The molecule has 3 aromatic carbocycles. The summed E-state index contributed by atoms with van der Waals surface area (Å²) in [5, 5.41) is 5.25. The van der Waals surface area contributed by atoms with Crippen molar-refractivity contribution >= 4 is 49.1 Å². The first-order valence-corrected chi connectivity index (χ1v) is 9.64. The van der Waals surface area contributed by atoms with Crippen molar-refractivity contribution in [2.45, 2.75) is 0 Å². The standard InChI is InChI=1S/C26H16N2/c1-2-7-16(8-3-1)17-13-14-21-20(15-17)24-25(27-21)23-12-6-11-22-18-9-4-5-10-19(18)26(24)28(22)23/h1-15,27H. The van der Waals surface area contributed by atoms with Gasteiger partial charge in [0.1, 0.15) is 0 Å². The lowest BCUT2D eigenvalue weighted by Crippen LogP contribution is -1.82. The number of fused-ring (bicyclic) bond motifs is 8. The summed E-state index contributed by atoms with van der Waals surface area (Å²) in [6, 6.07) is 32.7. The summed E-state index contributed by atoms with van der Waals surface area (Å²) < 4.78 is 2.42. The van der Waals surface area contributed by atoms with Crippen LogP contribution in [0.4, 0.5) is 0 Å². The molecule has 7 rings (SSSR count). The summed E-state index contributed by atoms with van der Waals surface area (Å²) >= 11 is 0. The highest BCUT2D eigenvalue weighted by Gasteiger charge is 2.20. The maximum Gasteiger partial charge on any atom is 0.0731 e. The van der Waals surface area contributed by atoms with E-state index in [4.69, 9.17) is 0 Å². The Bertz CT molecular complexity index is 1650. The summed E-state index contributed by atoms with van der Waals surface area (Å²) in [5.41, 5.74) is 8.76. The maximum absolute atomic E-state index is 3.69. The molecule has 0 aliphatic carbocycles. The van der Waals surface area contributed by atoms with Gasteiger partial charge >= 0.3 is 0 Å². The molecule has 0 bridgehead atoms. The molecule has 1 N–H and O–H groups in total. The fourth-order valence-electron chi connectivity index (χ4n) is 4.88. The molecule has 7 aromatic rings. The topological polar surface area (TPSA) is 20.2 Å². The lowest BCUT2D eigenvalue weighted by molar-refractivity contribution is 1.35. The highest BCUT2D eigenvalue weighted by atomic mass is 14.9. The van der Waals surface area contributed by atoms with E-state index in [9.17, 15) is 0 Å². The predicted molar refractivity (Wildman–Crippen MR) is 118 cm³/mol. The van der Waals surface area contributed by atoms with Crippen molar-refractivity contribution in [3.05, 3.63) is 91.0 Å². The van der Waals surface area contributed by atoms with E-state index in [2.05, 4.69) is 100 Å². The second kappa shape index (κ2) is 4.93. The lowest BCUT2D eigenvalue weighted by atomic mass is 10.0. The van der Waals surface area contributed by atoms with E-state index in [0.29, 0.717) is 0 Å². The second-order valence-electron chi connectivity index (χ2n) is 7.53. The average Bonchev–Trinajstić information content (AvgIpc) is 3.39. The highest BCUT2D eigenvalue weighted by molar-refractivity contribution is 6.29. The number of pyridine rings is 1. The van der Waals surface area contributed by atoms with E-state index in [1.807, 2.05) is 0 Å². The first-order valence-electron chi connectivity index (χ1n) is 9.64. The lowest BCUT2D eigenvalue weighted by Gasteiger charge is -2.02. The van der Waals surface area contributed by atoms with Crippen molar-refractivity contribution in [1.82, 2.24) is 9.38 Å². The largest absolute Gasteiger partial charge is 0.353 e. The molecule has 0 amide bonds. The van der Waals surface area contributed by atoms with Crippen molar-refractivity contribution in [2.24, 2.45) is 0 Å². The molecule has 0 fully saturated rings. The molecule has 0 aliphatic rings. The number of benzene rings is 3. The van der Waals surface area contributed by atoms with Crippen LogP contribution < -0.4 is 0 Å². The first kappa shape index (κ1) is 14.3. The molecule has 0 saturated carbocycles. The molecule has 0 spiro atoms. The molecule has 2 nitrogen and oxygen atoms in total. The third kappa shape index (κ3) is 1.64. The normalized spacial score (nSPS) is 12.3. The number of hydrogen-bond acceptors (Lipinski definition) is 0. The summed E-state index contributed by atoms with van der Waals surface area (Å²) in [6.07, 6.45) is 0. The Morgan fingerprint density at radius 1 is 0.571 bits per heavy atom. The van der Waals surface area contributed by atoms with Gasteiger partial charge in [0, 0.05) is 27.1 Å². The van der Waals surface area contributed by atoms with Crippen LogP contribution in [-0.4, -0.2) is 9.38 Å². The molecular formula is C26H16N2. The summed E-state index contributed by atoms with van der Waals surface area (Å²) in [7, 11) is 0. The molecule has 0 saturated heterocycles. The number of hydrogen-bond donors (Lipinski definition) is 1. The zero-order valence-electron chi connectivity index (χ0n) is 15.1. The molecule has 0 unspecified atom stereocenters. The van der Waals surface area contributed by atoms with E-state index in [0.717, 1.165) is 0 Å². The van der Waals surface area contributed by atoms with E-state index >= 15 is 0 Å².